The molecule has 0 saturated heterocycles. The molecule has 0 bridgehead atoms. The molecule has 0 aliphatic rings. The molecule has 0 radical (unpaired) electrons. The summed E-state index contributed by atoms with van der Waals surface area (Å²) in [6.07, 6.45) is 0. The first-order chi connectivity index (χ1) is 13.1. The lowest BCUT2D eigenvalue weighted by atomic mass is 10.2. The topological polar surface area (TPSA) is 55.8 Å². The molecule has 0 fully saturated rings. The van der Waals surface area contributed by atoms with Crippen LogP contribution in [0.4, 0.5) is 5.69 Å². The Bertz CT molecular complexity index is 989. The van der Waals surface area contributed by atoms with Gasteiger partial charge in [0.1, 0.15) is 16.4 Å². The largest absolute Gasteiger partial charge is 0.497 e. The Morgan fingerprint density at radius 3 is 2.04 bits per heavy atom. The van der Waals surface area contributed by atoms with E-state index in [1.807, 2.05) is 48.5 Å². The highest BCUT2D eigenvalue weighted by molar-refractivity contribution is 7.92. The molecular formula is C21H21NO4S. The van der Waals surface area contributed by atoms with Crippen molar-refractivity contribution in [3.63, 3.8) is 0 Å². The van der Waals surface area contributed by atoms with Crippen molar-refractivity contribution in [3.05, 3.63) is 84.4 Å². The summed E-state index contributed by atoms with van der Waals surface area (Å²) in [5.41, 5.74) is 1.47. The van der Waals surface area contributed by atoms with Crippen LogP contribution in [0.3, 0.4) is 0 Å². The van der Waals surface area contributed by atoms with Crippen molar-refractivity contribution in [2.45, 2.75) is 11.4 Å². The summed E-state index contributed by atoms with van der Waals surface area (Å²) in [6, 6.07) is 23.2. The second-order valence-electron chi connectivity index (χ2n) is 5.85. The number of ether oxygens (including phenoxy) is 2. The summed E-state index contributed by atoms with van der Waals surface area (Å²) in [5.74, 6) is 0.767. The van der Waals surface area contributed by atoms with E-state index < -0.39 is 10.0 Å². The molecule has 0 aromatic heterocycles. The third kappa shape index (κ3) is 4.06. The SMILES string of the molecule is COc1ccc(S(=O)(=O)N(Cc2ccccc2)c2ccccc2)c(OC)c1. The molecule has 0 aliphatic heterocycles. The lowest BCUT2D eigenvalue weighted by molar-refractivity contribution is 0.386. The van der Waals surface area contributed by atoms with Gasteiger partial charge < -0.3 is 9.47 Å². The van der Waals surface area contributed by atoms with Crippen LogP contribution in [0.25, 0.3) is 0 Å². The van der Waals surface area contributed by atoms with Gasteiger partial charge in [-0.3, -0.25) is 4.31 Å². The Kier molecular flexibility index (Phi) is 5.66. The third-order valence-corrected chi connectivity index (χ3v) is 5.97. The average Bonchev–Trinajstić information content (AvgIpc) is 2.72. The fourth-order valence-corrected chi connectivity index (χ4v) is 4.36. The number of rotatable bonds is 7. The Morgan fingerprint density at radius 1 is 0.815 bits per heavy atom. The van der Waals surface area contributed by atoms with Crippen molar-refractivity contribution in [2.75, 3.05) is 18.5 Å². The molecule has 3 rings (SSSR count). The number of anilines is 1. The molecule has 0 spiro atoms. The van der Waals surface area contributed by atoms with Gasteiger partial charge in [-0.25, -0.2) is 8.42 Å². The second-order valence-corrected chi connectivity index (χ2v) is 7.68. The lowest BCUT2D eigenvalue weighted by Gasteiger charge is -2.25. The van der Waals surface area contributed by atoms with E-state index in [4.69, 9.17) is 9.47 Å². The van der Waals surface area contributed by atoms with Gasteiger partial charge in [0.05, 0.1) is 26.5 Å². The van der Waals surface area contributed by atoms with E-state index in [0.717, 1.165) is 5.56 Å². The van der Waals surface area contributed by atoms with Crippen LogP contribution in [0.15, 0.2) is 83.8 Å². The van der Waals surface area contributed by atoms with Crippen LogP contribution in [-0.2, 0) is 16.6 Å². The number of para-hydroxylation sites is 1. The molecular weight excluding hydrogens is 362 g/mol. The van der Waals surface area contributed by atoms with Crippen LogP contribution >= 0.6 is 0 Å². The maximum absolute atomic E-state index is 13.5. The number of sulfonamides is 1. The van der Waals surface area contributed by atoms with E-state index in [2.05, 4.69) is 0 Å². The van der Waals surface area contributed by atoms with Crippen LogP contribution in [0, 0.1) is 0 Å². The van der Waals surface area contributed by atoms with Crippen LogP contribution in [0.1, 0.15) is 5.56 Å². The van der Waals surface area contributed by atoms with Crippen LogP contribution in [0.2, 0.25) is 0 Å². The zero-order valence-electron chi connectivity index (χ0n) is 15.2. The Balaban J connectivity index is 2.11. The summed E-state index contributed by atoms with van der Waals surface area (Å²) in [7, 11) is -0.903. The molecule has 27 heavy (non-hydrogen) atoms. The monoisotopic (exact) mass is 383 g/mol. The second kappa shape index (κ2) is 8.14. The van der Waals surface area contributed by atoms with E-state index in [1.165, 1.54) is 24.6 Å². The van der Waals surface area contributed by atoms with Gasteiger partial charge in [-0.15, -0.1) is 0 Å². The average molecular weight is 383 g/mol. The van der Waals surface area contributed by atoms with Gasteiger partial charge in [-0.2, -0.15) is 0 Å². The number of hydrogen-bond acceptors (Lipinski definition) is 4. The molecule has 0 aliphatic carbocycles. The number of nitrogens with zero attached hydrogens (tertiary/aromatic N) is 1. The van der Waals surface area contributed by atoms with Gasteiger partial charge in [0.25, 0.3) is 10.0 Å². The molecule has 0 N–H and O–H groups in total. The first kappa shape index (κ1) is 18.8. The summed E-state index contributed by atoms with van der Waals surface area (Å²) in [4.78, 5) is 0.0885. The Hall–Kier alpha value is -2.99. The molecule has 0 unspecified atom stereocenters. The predicted molar refractivity (Wildman–Crippen MR) is 106 cm³/mol. The lowest BCUT2D eigenvalue weighted by Crippen LogP contribution is -2.30. The van der Waals surface area contributed by atoms with Crippen molar-refractivity contribution < 1.29 is 17.9 Å². The molecule has 0 heterocycles. The summed E-state index contributed by atoms with van der Waals surface area (Å²) < 4.78 is 38.9. The zero-order valence-corrected chi connectivity index (χ0v) is 16.0. The molecule has 0 atom stereocenters. The third-order valence-electron chi connectivity index (χ3n) is 4.15. The van der Waals surface area contributed by atoms with Crippen molar-refractivity contribution in [1.82, 2.24) is 0 Å². The Labute approximate surface area is 159 Å². The molecule has 3 aromatic carbocycles. The minimum absolute atomic E-state index is 0.0885. The molecule has 140 valence electrons. The van der Waals surface area contributed by atoms with Gasteiger partial charge >= 0.3 is 0 Å². The normalized spacial score (nSPS) is 11.0. The zero-order chi connectivity index (χ0) is 19.3. The van der Waals surface area contributed by atoms with Crippen LogP contribution < -0.4 is 13.8 Å². The first-order valence-electron chi connectivity index (χ1n) is 8.40. The highest BCUT2D eigenvalue weighted by Crippen LogP contribution is 2.33. The van der Waals surface area contributed by atoms with Gasteiger partial charge in [0.15, 0.2) is 0 Å². The minimum atomic E-state index is -3.87. The van der Waals surface area contributed by atoms with Crippen molar-refractivity contribution in [2.24, 2.45) is 0 Å². The van der Waals surface area contributed by atoms with E-state index in [1.54, 1.807) is 24.3 Å². The smallest absolute Gasteiger partial charge is 0.268 e. The highest BCUT2D eigenvalue weighted by Gasteiger charge is 2.28. The van der Waals surface area contributed by atoms with Crippen LogP contribution in [-0.4, -0.2) is 22.6 Å². The fraction of sp³-hybridized carbons (Fsp3) is 0.143. The van der Waals surface area contributed by atoms with Crippen LogP contribution in [0.5, 0.6) is 11.5 Å². The van der Waals surface area contributed by atoms with Crippen molar-refractivity contribution in [3.8, 4) is 11.5 Å². The van der Waals surface area contributed by atoms with E-state index in [-0.39, 0.29) is 17.2 Å². The van der Waals surface area contributed by atoms with Crippen molar-refractivity contribution in [1.29, 1.82) is 0 Å². The first-order valence-corrected chi connectivity index (χ1v) is 9.84. The maximum atomic E-state index is 13.5. The predicted octanol–water partition coefficient (Wildman–Crippen LogP) is 4.10. The standard InChI is InChI=1S/C21H21NO4S/c1-25-19-13-14-21(20(15-19)26-2)27(23,24)22(18-11-7-4-8-12-18)16-17-9-5-3-6-10-17/h3-15H,16H2,1-2H3. The van der Waals surface area contributed by atoms with Gasteiger partial charge in [0, 0.05) is 6.07 Å². The molecule has 5 nitrogen and oxygen atoms in total. The fourth-order valence-electron chi connectivity index (χ4n) is 2.77. The molecule has 6 heteroatoms. The number of benzene rings is 3. The highest BCUT2D eigenvalue weighted by atomic mass is 32.2. The maximum Gasteiger partial charge on any atom is 0.268 e. The van der Waals surface area contributed by atoms with E-state index >= 15 is 0 Å². The van der Waals surface area contributed by atoms with Gasteiger partial charge in [-0.1, -0.05) is 48.5 Å². The summed E-state index contributed by atoms with van der Waals surface area (Å²) in [6.45, 7) is 0.211. The minimum Gasteiger partial charge on any atom is -0.497 e. The summed E-state index contributed by atoms with van der Waals surface area (Å²) in [5, 5.41) is 0. The van der Waals surface area contributed by atoms with Crippen molar-refractivity contribution >= 4 is 15.7 Å². The van der Waals surface area contributed by atoms with E-state index in [9.17, 15) is 8.42 Å². The number of methoxy groups -OCH3 is 2. The quantitative estimate of drug-likeness (QED) is 0.616. The number of hydrogen-bond donors (Lipinski definition) is 0. The van der Waals surface area contributed by atoms with Gasteiger partial charge in [-0.05, 0) is 29.8 Å². The molecule has 0 saturated carbocycles. The summed E-state index contributed by atoms with van der Waals surface area (Å²) >= 11 is 0. The van der Waals surface area contributed by atoms with Gasteiger partial charge in [0.2, 0.25) is 0 Å². The van der Waals surface area contributed by atoms with E-state index in [0.29, 0.717) is 11.4 Å². The molecule has 0 amide bonds. The molecule has 3 aromatic rings. The Morgan fingerprint density at radius 2 is 1.44 bits per heavy atom.